The molecular formula is C12H17IO4. The van der Waals surface area contributed by atoms with E-state index >= 15 is 0 Å². The number of hydrogen-bond acceptors (Lipinski definition) is 4. The van der Waals surface area contributed by atoms with E-state index in [9.17, 15) is 9.59 Å². The van der Waals surface area contributed by atoms with Crippen LogP contribution in [0.5, 0.6) is 0 Å². The predicted octanol–water partition coefficient (Wildman–Crippen LogP) is 2.42. The van der Waals surface area contributed by atoms with Crippen LogP contribution in [0.25, 0.3) is 0 Å². The van der Waals surface area contributed by atoms with E-state index in [1.54, 1.807) is 0 Å². The second-order valence-corrected chi connectivity index (χ2v) is 6.81. The first-order valence-corrected chi connectivity index (χ1v) is 6.24. The standard InChI is InChI=1S/C12H17IO4/c1-4-8-16-10(14)5-6-11(15)17-9-7-12(2,3)13/h4-6H,1,7-9H2,2-3H3/b6-5-. The smallest absolute Gasteiger partial charge is 0.331 e. The summed E-state index contributed by atoms with van der Waals surface area (Å²) in [6.07, 6.45) is 4.31. The summed E-state index contributed by atoms with van der Waals surface area (Å²) in [7, 11) is 0. The molecule has 0 aliphatic heterocycles. The van der Waals surface area contributed by atoms with Gasteiger partial charge in [0.05, 0.1) is 6.61 Å². The number of ether oxygens (including phenoxy) is 2. The average molecular weight is 352 g/mol. The molecule has 0 heterocycles. The molecule has 17 heavy (non-hydrogen) atoms. The van der Waals surface area contributed by atoms with Crippen LogP contribution in [0.1, 0.15) is 20.3 Å². The maximum absolute atomic E-state index is 11.2. The number of carbonyl (C=O) groups excluding carboxylic acids is 2. The van der Waals surface area contributed by atoms with E-state index in [0.717, 1.165) is 18.6 Å². The molecular weight excluding hydrogens is 335 g/mol. The second kappa shape index (κ2) is 8.27. The number of alkyl halides is 1. The third-order valence-corrected chi connectivity index (χ3v) is 2.18. The summed E-state index contributed by atoms with van der Waals surface area (Å²) in [6.45, 7) is 7.95. The third kappa shape index (κ3) is 11.4. The maximum Gasteiger partial charge on any atom is 0.331 e. The summed E-state index contributed by atoms with van der Waals surface area (Å²) >= 11 is 2.28. The molecule has 0 aliphatic carbocycles. The number of esters is 2. The van der Waals surface area contributed by atoms with Crippen LogP contribution in [0, 0.1) is 0 Å². The number of rotatable bonds is 7. The Balaban J connectivity index is 3.82. The molecule has 0 aliphatic rings. The van der Waals surface area contributed by atoms with Crippen molar-refractivity contribution in [2.24, 2.45) is 0 Å². The monoisotopic (exact) mass is 352 g/mol. The second-order valence-electron chi connectivity index (χ2n) is 3.89. The molecule has 0 unspecified atom stereocenters. The van der Waals surface area contributed by atoms with Gasteiger partial charge in [0, 0.05) is 15.6 Å². The first-order chi connectivity index (χ1) is 7.85. The van der Waals surface area contributed by atoms with Crippen molar-refractivity contribution in [1.29, 1.82) is 0 Å². The number of carbonyl (C=O) groups is 2. The van der Waals surface area contributed by atoms with Crippen LogP contribution in [0.2, 0.25) is 0 Å². The highest BCUT2D eigenvalue weighted by molar-refractivity contribution is 14.1. The zero-order chi connectivity index (χ0) is 13.3. The summed E-state index contributed by atoms with van der Waals surface area (Å²) in [6, 6.07) is 0. The van der Waals surface area contributed by atoms with Gasteiger partial charge in [-0.25, -0.2) is 9.59 Å². The van der Waals surface area contributed by atoms with Gasteiger partial charge < -0.3 is 9.47 Å². The minimum absolute atomic E-state index is 0.0879. The fraction of sp³-hybridized carbons (Fsp3) is 0.500. The minimum atomic E-state index is -0.587. The van der Waals surface area contributed by atoms with E-state index in [4.69, 9.17) is 4.74 Å². The normalized spacial score (nSPS) is 11.2. The van der Waals surface area contributed by atoms with Gasteiger partial charge in [0.2, 0.25) is 0 Å². The topological polar surface area (TPSA) is 52.6 Å². The van der Waals surface area contributed by atoms with Gasteiger partial charge in [-0.1, -0.05) is 49.1 Å². The lowest BCUT2D eigenvalue weighted by atomic mass is 10.1. The van der Waals surface area contributed by atoms with E-state index in [1.165, 1.54) is 6.08 Å². The molecule has 0 bridgehead atoms. The van der Waals surface area contributed by atoms with Crippen molar-refractivity contribution in [2.45, 2.75) is 23.7 Å². The van der Waals surface area contributed by atoms with Crippen LogP contribution in [0.3, 0.4) is 0 Å². The molecule has 0 N–H and O–H groups in total. The van der Waals surface area contributed by atoms with Crippen molar-refractivity contribution in [3.8, 4) is 0 Å². The Kier molecular flexibility index (Phi) is 7.86. The lowest BCUT2D eigenvalue weighted by Crippen LogP contribution is -2.14. The molecule has 0 saturated heterocycles. The van der Waals surface area contributed by atoms with E-state index in [2.05, 4.69) is 33.9 Å². The molecule has 0 amide bonds. The molecule has 4 nitrogen and oxygen atoms in total. The Morgan fingerprint density at radius 2 is 1.76 bits per heavy atom. The maximum atomic E-state index is 11.2. The summed E-state index contributed by atoms with van der Waals surface area (Å²) in [5.74, 6) is -1.13. The molecule has 0 fully saturated rings. The molecule has 0 rings (SSSR count). The van der Waals surface area contributed by atoms with Gasteiger partial charge in [-0.15, -0.1) is 0 Å². The summed E-state index contributed by atoms with van der Waals surface area (Å²) in [4.78, 5) is 22.1. The van der Waals surface area contributed by atoms with Crippen molar-refractivity contribution in [3.63, 3.8) is 0 Å². The third-order valence-electron chi connectivity index (χ3n) is 1.64. The van der Waals surface area contributed by atoms with Crippen LogP contribution in [-0.2, 0) is 19.1 Å². The fourth-order valence-electron chi connectivity index (χ4n) is 0.768. The molecule has 0 aromatic heterocycles. The Hall–Kier alpha value is -0.850. The molecule has 5 heteroatoms. The average Bonchev–Trinajstić information content (AvgIpc) is 2.21. The lowest BCUT2D eigenvalue weighted by Gasteiger charge is -2.14. The highest BCUT2D eigenvalue weighted by atomic mass is 127. The minimum Gasteiger partial charge on any atom is -0.462 e. The van der Waals surface area contributed by atoms with Crippen LogP contribution >= 0.6 is 22.6 Å². The van der Waals surface area contributed by atoms with E-state index in [-0.39, 0.29) is 10.0 Å². The SMILES string of the molecule is C=CCOC(=O)/C=C\C(=O)OCCC(C)(C)I. The quantitative estimate of drug-likeness (QED) is 0.232. The predicted molar refractivity (Wildman–Crippen MR) is 74.0 cm³/mol. The van der Waals surface area contributed by atoms with Crippen molar-refractivity contribution in [1.82, 2.24) is 0 Å². The Labute approximate surface area is 115 Å². The highest BCUT2D eigenvalue weighted by Crippen LogP contribution is 2.20. The van der Waals surface area contributed by atoms with Gasteiger partial charge in [-0.3, -0.25) is 0 Å². The van der Waals surface area contributed by atoms with Gasteiger partial charge in [-0.2, -0.15) is 0 Å². The molecule has 0 spiro atoms. The Morgan fingerprint density at radius 1 is 1.24 bits per heavy atom. The van der Waals surface area contributed by atoms with Crippen molar-refractivity contribution >= 4 is 34.5 Å². The van der Waals surface area contributed by atoms with Gasteiger partial charge in [0.1, 0.15) is 6.61 Å². The Morgan fingerprint density at radius 3 is 2.24 bits per heavy atom. The Bertz CT molecular complexity index is 302. The zero-order valence-electron chi connectivity index (χ0n) is 10.1. The molecule has 0 atom stereocenters. The fourth-order valence-corrected chi connectivity index (χ4v) is 0.988. The van der Waals surface area contributed by atoms with E-state index in [0.29, 0.717) is 6.61 Å². The van der Waals surface area contributed by atoms with Crippen molar-refractivity contribution in [3.05, 3.63) is 24.8 Å². The molecule has 0 radical (unpaired) electrons. The van der Waals surface area contributed by atoms with Gasteiger partial charge in [0.15, 0.2) is 0 Å². The first-order valence-electron chi connectivity index (χ1n) is 5.16. The van der Waals surface area contributed by atoms with E-state index in [1.807, 2.05) is 13.8 Å². The van der Waals surface area contributed by atoms with Crippen molar-refractivity contribution in [2.75, 3.05) is 13.2 Å². The van der Waals surface area contributed by atoms with Gasteiger partial charge >= 0.3 is 11.9 Å². The van der Waals surface area contributed by atoms with Crippen LogP contribution < -0.4 is 0 Å². The van der Waals surface area contributed by atoms with E-state index < -0.39 is 11.9 Å². The largest absolute Gasteiger partial charge is 0.462 e. The highest BCUT2D eigenvalue weighted by Gasteiger charge is 2.12. The molecule has 96 valence electrons. The first kappa shape index (κ1) is 16.1. The number of hydrogen-bond donors (Lipinski definition) is 0. The summed E-state index contributed by atoms with van der Waals surface area (Å²) in [5, 5.41) is 0. The van der Waals surface area contributed by atoms with Gasteiger partial charge in [-0.05, 0) is 6.42 Å². The molecule has 0 aromatic carbocycles. The summed E-state index contributed by atoms with van der Waals surface area (Å²) in [5.41, 5.74) is 0. The molecule has 0 saturated carbocycles. The van der Waals surface area contributed by atoms with Crippen LogP contribution in [0.15, 0.2) is 24.8 Å². The summed E-state index contributed by atoms with van der Waals surface area (Å²) < 4.78 is 9.65. The van der Waals surface area contributed by atoms with Crippen molar-refractivity contribution < 1.29 is 19.1 Å². The molecule has 0 aromatic rings. The lowest BCUT2D eigenvalue weighted by molar-refractivity contribution is -0.140. The van der Waals surface area contributed by atoms with Crippen LogP contribution in [-0.4, -0.2) is 28.6 Å². The van der Waals surface area contributed by atoms with Crippen LogP contribution in [0.4, 0.5) is 0 Å². The number of halogens is 1. The zero-order valence-corrected chi connectivity index (χ0v) is 12.2. The van der Waals surface area contributed by atoms with Gasteiger partial charge in [0.25, 0.3) is 0 Å².